The molecular formula is C16H18N2O5S. The summed E-state index contributed by atoms with van der Waals surface area (Å²) < 4.78 is 31.6. The summed E-state index contributed by atoms with van der Waals surface area (Å²) in [5.41, 5.74) is 0.595. The fourth-order valence-electron chi connectivity index (χ4n) is 2.11. The molecule has 0 amide bonds. The van der Waals surface area contributed by atoms with E-state index in [-0.39, 0.29) is 18.0 Å². The van der Waals surface area contributed by atoms with E-state index in [0.717, 1.165) is 9.87 Å². The number of hydrogen-bond acceptors (Lipinski definition) is 5. The van der Waals surface area contributed by atoms with E-state index in [1.807, 2.05) is 25.1 Å². The van der Waals surface area contributed by atoms with Crippen molar-refractivity contribution in [2.24, 2.45) is 0 Å². The fraction of sp³-hybridized carbons (Fsp3) is 0.250. The molecule has 0 bridgehead atoms. The monoisotopic (exact) mass is 350 g/mol. The van der Waals surface area contributed by atoms with Crippen LogP contribution in [-0.2, 0) is 10.0 Å². The molecule has 0 aliphatic heterocycles. The van der Waals surface area contributed by atoms with Gasteiger partial charge in [-0.25, -0.2) is 8.42 Å². The first kappa shape index (κ1) is 17.9. The van der Waals surface area contributed by atoms with Crippen molar-refractivity contribution in [3.63, 3.8) is 0 Å². The Bertz CT molecular complexity index is 836. The van der Waals surface area contributed by atoms with Gasteiger partial charge in [-0.1, -0.05) is 24.3 Å². The van der Waals surface area contributed by atoms with E-state index >= 15 is 0 Å². The maximum absolute atomic E-state index is 12.5. The van der Waals surface area contributed by atoms with Crippen LogP contribution >= 0.6 is 0 Å². The minimum absolute atomic E-state index is 0.0717. The van der Waals surface area contributed by atoms with Gasteiger partial charge in [0.1, 0.15) is 12.4 Å². The Balaban J connectivity index is 2.08. The van der Waals surface area contributed by atoms with Crippen molar-refractivity contribution < 1.29 is 18.1 Å². The molecule has 0 N–H and O–H groups in total. The average molecular weight is 350 g/mol. The first-order valence-electron chi connectivity index (χ1n) is 7.21. The largest absolute Gasteiger partial charge is 0.492 e. The van der Waals surface area contributed by atoms with Crippen LogP contribution < -0.4 is 4.74 Å². The molecule has 0 radical (unpaired) electrons. The van der Waals surface area contributed by atoms with E-state index in [9.17, 15) is 18.5 Å². The van der Waals surface area contributed by atoms with E-state index in [1.165, 1.54) is 31.3 Å². The Morgan fingerprint density at radius 2 is 1.88 bits per heavy atom. The van der Waals surface area contributed by atoms with Gasteiger partial charge in [-0.15, -0.1) is 0 Å². The molecule has 0 heterocycles. The van der Waals surface area contributed by atoms with Gasteiger partial charge in [0.25, 0.3) is 5.69 Å². The van der Waals surface area contributed by atoms with Gasteiger partial charge in [-0.05, 0) is 30.7 Å². The van der Waals surface area contributed by atoms with Crippen LogP contribution in [0.2, 0.25) is 0 Å². The first-order chi connectivity index (χ1) is 11.3. The molecule has 2 aromatic carbocycles. The van der Waals surface area contributed by atoms with Crippen molar-refractivity contribution in [1.82, 2.24) is 4.31 Å². The highest BCUT2D eigenvalue weighted by molar-refractivity contribution is 7.89. The number of nitro groups is 1. The maximum Gasteiger partial charge on any atom is 0.289 e. The number of rotatable bonds is 7. The third-order valence-corrected chi connectivity index (χ3v) is 5.32. The predicted molar refractivity (Wildman–Crippen MR) is 89.6 cm³/mol. The van der Waals surface area contributed by atoms with Gasteiger partial charge >= 0.3 is 0 Å². The lowest BCUT2D eigenvalue weighted by Gasteiger charge is -2.17. The van der Waals surface area contributed by atoms with Gasteiger partial charge in [0, 0.05) is 19.7 Å². The molecule has 128 valence electrons. The smallest absolute Gasteiger partial charge is 0.289 e. The van der Waals surface area contributed by atoms with Crippen LogP contribution in [0.1, 0.15) is 5.56 Å². The molecule has 0 atom stereocenters. The molecule has 0 fully saturated rings. The Morgan fingerprint density at radius 1 is 1.17 bits per heavy atom. The zero-order valence-electron chi connectivity index (χ0n) is 13.4. The summed E-state index contributed by atoms with van der Waals surface area (Å²) in [5.74, 6) is 0.645. The SMILES string of the molecule is Cc1cccc(OCCN(C)S(=O)(=O)c2ccccc2[N+](=O)[O-])c1. The number of ether oxygens (including phenoxy) is 1. The zero-order chi connectivity index (χ0) is 17.7. The molecule has 0 spiro atoms. The number of para-hydroxylation sites is 1. The second-order valence-electron chi connectivity index (χ2n) is 5.22. The highest BCUT2D eigenvalue weighted by Crippen LogP contribution is 2.25. The molecule has 0 saturated carbocycles. The minimum atomic E-state index is -3.97. The van der Waals surface area contributed by atoms with Crippen molar-refractivity contribution >= 4 is 15.7 Å². The van der Waals surface area contributed by atoms with Crippen LogP contribution in [-0.4, -0.2) is 37.8 Å². The molecule has 0 saturated heterocycles. The van der Waals surface area contributed by atoms with Crippen LogP contribution in [0, 0.1) is 17.0 Å². The Labute approximate surface area is 140 Å². The van der Waals surface area contributed by atoms with Crippen LogP contribution in [0.3, 0.4) is 0 Å². The van der Waals surface area contributed by atoms with Crippen molar-refractivity contribution in [3.05, 3.63) is 64.2 Å². The molecule has 24 heavy (non-hydrogen) atoms. The average Bonchev–Trinajstić information content (AvgIpc) is 2.54. The Kier molecular flexibility index (Phi) is 5.53. The van der Waals surface area contributed by atoms with Crippen molar-refractivity contribution in [2.45, 2.75) is 11.8 Å². The van der Waals surface area contributed by atoms with Gasteiger partial charge in [0.2, 0.25) is 10.0 Å². The number of benzene rings is 2. The molecule has 0 unspecified atom stereocenters. The summed E-state index contributed by atoms with van der Waals surface area (Å²) in [5, 5.41) is 11.0. The summed E-state index contributed by atoms with van der Waals surface area (Å²) in [4.78, 5) is 9.99. The zero-order valence-corrected chi connectivity index (χ0v) is 14.2. The number of nitro benzene ring substituents is 1. The van der Waals surface area contributed by atoms with E-state index in [2.05, 4.69) is 0 Å². The van der Waals surface area contributed by atoms with Gasteiger partial charge in [0.15, 0.2) is 4.90 Å². The third-order valence-electron chi connectivity index (χ3n) is 3.41. The molecule has 0 aromatic heterocycles. The van der Waals surface area contributed by atoms with Crippen molar-refractivity contribution in [3.8, 4) is 5.75 Å². The lowest BCUT2D eigenvalue weighted by Crippen LogP contribution is -2.31. The summed E-state index contributed by atoms with van der Waals surface area (Å²) in [6.07, 6.45) is 0. The van der Waals surface area contributed by atoms with Crippen molar-refractivity contribution in [1.29, 1.82) is 0 Å². The fourth-order valence-corrected chi connectivity index (χ4v) is 3.42. The summed E-state index contributed by atoms with van der Waals surface area (Å²) in [7, 11) is -2.60. The number of sulfonamides is 1. The van der Waals surface area contributed by atoms with Crippen LogP contribution in [0.15, 0.2) is 53.4 Å². The summed E-state index contributed by atoms with van der Waals surface area (Å²) in [6.45, 7) is 2.14. The predicted octanol–water partition coefficient (Wildman–Crippen LogP) is 2.60. The molecule has 8 heteroatoms. The number of hydrogen-bond donors (Lipinski definition) is 0. The van der Waals surface area contributed by atoms with E-state index in [4.69, 9.17) is 4.74 Å². The highest BCUT2D eigenvalue weighted by atomic mass is 32.2. The van der Waals surface area contributed by atoms with Crippen LogP contribution in [0.5, 0.6) is 5.75 Å². The Morgan fingerprint density at radius 3 is 2.54 bits per heavy atom. The van der Waals surface area contributed by atoms with E-state index < -0.39 is 20.6 Å². The molecule has 0 aliphatic carbocycles. The highest BCUT2D eigenvalue weighted by Gasteiger charge is 2.28. The minimum Gasteiger partial charge on any atom is -0.492 e. The molecule has 7 nitrogen and oxygen atoms in total. The van der Waals surface area contributed by atoms with Crippen molar-refractivity contribution in [2.75, 3.05) is 20.2 Å². The summed E-state index contributed by atoms with van der Waals surface area (Å²) in [6, 6.07) is 12.7. The summed E-state index contributed by atoms with van der Waals surface area (Å²) >= 11 is 0. The lowest BCUT2D eigenvalue weighted by molar-refractivity contribution is -0.387. The second-order valence-corrected chi connectivity index (χ2v) is 7.23. The lowest BCUT2D eigenvalue weighted by atomic mass is 10.2. The number of likely N-dealkylation sites (N-methyl/N-ethyl adjacent to an activating group) is 1. The van der Waals surface area contributed by atoms with Crippen LogP contribution in [0.25, 0.3) is 0 Å². The Hall–Kier alpha value is -2.45. The molecular weight excluding hydrogens is 332 g/mol. The van der Waals surface area contributed by atoms with E-state index in [1.54, 1.807) is 6.07 Å². The first-order valence-corrected chi connectivity index (χ1v) is 8.65. The van der Waals surface area contributed by atoms with Gasteiger partial charge in [-0.3, -0.25) is 10.1 Å². The second kappa shape index (κ2) is 7.41. The van der Waals surface area contributed by atoms with Gasteiger partial charge < -0.3 is 4.74 Å². The van der Waals surface area contributed by atoms with Gasteiger partial charge in [-0.2, -0.15) is 4.31 Å². The molecule has 2 rings (SSSR count). The molecule has 2 aromatic rings. The number of aryl methyl sites for hydroxylation is 1. The molecule has 0 aliphatic rings. The topological polar surface area (TPSA) is 89.8 Å². The standard InChI is InChI=1S/C16H18N2O5S/c1-13-6-5-7-14(12-13)23-11-10-17(2)24(21,22)16-9-4-3-8-15(16)18(19)20/h3-9,12H,10-11H2,1-2H3. The van der Waals surface area contributed by atoms with Crippen LogP contribution in [0.4, 0.5) is 5.69 Å². The third kappa shape index (κ3) is 4.09. The maximum atomic E-state index is 12.5. The quantitative estimate of drug-likeness (QED) is 0.565. The normalized spacial score (nSPS) is 11.5. The number of nitrogens with zero attached hydrogens (tertiary/aromatic N) is 2. The van der Waals surface area contributed by atoms with Gasteiger partial charge in [0.05, 0.1) is 4.92 Å². The van der Waals surface area contributed by atoms with E-state index in [0.29, 0.717) is 5.75 Å².